The van der Waals surface area contributed by atoms with Crippen LogP contribution in [0.3, 0.4) is 0 Å². The fraction of sp³-hybridized carbons (Fsp3) is 0.571. The molecule has 0 aliphatic rings. The Balaban J connectivity index is 2.78. The fourth-order valence-corrected chi connectivity index (χ4v) is 2.42. The molecule has 1 aromatic rings. The quantitative estimate of drug-likeness (QED) is 0.773. The maximum atomic E-state index is 13.3. The first kappa shape index (κ1) is 15.3. The zero-order valence-electron chi connectivity index (χ0n) is 11.4. The molecule has 0 spiro atoms. The van der Waals surface area contributed by atoms with Gasteiger partial charge in [-0.15, -0.1) is 0 Å². The topological polar surface area (TPSA) is 29.3 Å². The number of hydrogen-bond acceptors (Lipinski definition) is 3. The molecule has 0 heterocycles. The molecular weight excluding hydrogens is 247 g/mol. The minimum Gasteiger partial charge on any atom is -0.374 e. The third kappa shape index (κ3) is 4.86. The van der Waals surface area contributed by atoms with E-state index < -0.39 is 0 Å². The van der Waals surface area contributed by atoms with Crippen molar-refractivity contribution in [3.05, 3.63) is 29.6 Å². The van der Waals surface area contributed by atoms with Gasteiger partial charge in [0.2, 0.25) is 0 Å². The molecule has 0 aliphatic carbocycles. The van der Waals surface area contributed by atoms with Crippen molar-refractivity contribution in [2.24, 2.45) is 5.73 Å². The second-order valence-corrected chi connectivity index (χ2v) is 5.71. The number of benzene rings is 1. The minimum absolute atomic E-state index is 0.0464. The van der Waals surface area contributed by atoms with Crippen LogP contribution in [0.5, 0.6) is 0 Å². The Kier molecular flexibility index (Phi) is 6.50. The highest BCUT2D eigenvalue weighted by Crippen LogP contribution is 2.22. The average molecular weight is 270 g/mol. The molecular formula is C14H23FN2S. The van der Waals surface area contributed by atoms with E-state index in [0.717, 1.165) is 30.0 Å². The summed E-state index contributed by atoms with van der Waals surface area (Å²) in [4.78, 5) is 2.19. The number of thioether (sulfide) groups is 1. The van der Waals surface area contributed by atoms with E-state index in [1.165, 1.54) is 6.07 Å². The highest BCUT2D eigenvalue weighted by atomic mass is 32.2. The molecule has 1 rings (SSSR count). The Bertz CT molecular complexity index is 369. The molecule has 0 aromatic heterocycles. The smallest absolute Gasteiger partial charge is 0.123 e. The number of nitrogens with zero attached hydrogens (tertiary/aromatic N) is 1. The van der Waals surface area contributed by atoms with Crippen LogP contribution in [-0.2, 0) is 6.42 Å². The Morgan fingerprint density at radius 2 is 2.17 bits per heavy atom. The third-order valence-corrected chi connectivity index (χ3v) is 3.53. The zero-order valence-corrected chi connectivity index (χ0v) is 12.3. The van der Waals surface area contributed by atoms with Gasteiger partial charge in [-0.2, -0.15) is 11.8 Å². The Morgan fingerprint density at radius 3 is 2.78 bits per heavy atom. The van der Waals surface area contributed by atoms with Crippen LogP contribution >= 0.6 is 11.8 Å². The largest absolute Gasteiger partial charge is 0.374 e. The predicted octanol–water partition coefficient (Wildman–Crippen LogP) is 2.90. The summed E-state index contributed by atoms with van der Waals surface area (Å²) in [5, 5.41) is 0. The lowest BCUT2D eigenvalue weighted by molar-refractivity contribution is 0.622. The summed E-state index contributed by atoms with van der Waals surface area (Å²) >= 11 is 1.85. The van der Waals surface area contributed by atoms with Crippen LogP contribution in [0.1, 0.15) is 18.9 Å². The van der Waals surface area contributed by atoms with E-state index in [2.05, 4.69) is 18.2 Å². The zero-order chi connectivity index (χ0) is 13.5. The molecule has 1 atom stereocenters. The first-order chi connectivity index (χ1) is 8.54. The average Bonchev–Trinajstić information content (AvgIpc) is 2.28. The van der Waals surface area contributed by atoms with Crippen LogP contribution in [0.4, 0.5) is 10.1 Å². The van der Waals surface area contributed by atoms with Crippen molar-refractivity contribution in [2.75, 3.05) is 30.5 Å². The van der Waals surface area contributed by atoms with Crippen LogP contribution < -0.4 is 10.6 Å². The lowest BCUT2D eigenvalue weighted by Gasteiger charge is -2.23. The van der Waals surface area contributed by atoms with Crippen molar-refractivity contribution in [1.82, 2.24) is 0 Å². The van der Waals surface area contributed by atoms with Crippen LogP contribution in [-0.4, -0.2) is 31.6 Å². The van der Waals surface area contributed by atoms with Gasteiger partial charge in [-0.25, -0.2) is 4.39 Å². The highest BCUT2D eigenvalue weighted by Gasteiger charge is 2.10. The second-order valence-electron chi connectivity index (χ2n) is 4.72. The molecule has 0 fully saturated rings. The Morgan fingerprint density at radius 1 is 1.44 bits per heavy atom. The van der Waals surface area contributed by atoms with Gasteiger partial charge in [0.05, 0.1) is 0 Å². The van der Waals surface area contributed by atoms with Gasteiger partial charge in [0, 0.05) is 25.3 Å². The van der Waals surface area contributed by atoms with E-state index in [1.807, 2.05) is 24.8 Å². The monoisotopic (exact) mass is 270 g/mol. The number of rotatable bonds is 7. The van der Waals surface area contributed by atoms with Gasteiger partial charge in [-0.1, -0.05) is 0 Å². The number of nitrogens with two attached hydrogens (primary N) is 1. The van der Waals surface area contributed by atoms with E-state index >= 15 is 0 Å². The molecule has 0 aliphatic heterocycles. The third-order valence-electron chi connectivity index (χ3n) is 2.84. The van der Waals surface area contributed by atoms with Gasteiger partial charge < -0.3 is 10.6 Å². The standard InChI is InChI=1S/C14H23FN2S/c1-11(16)9-12-10-13(15)5-6-14(12)17(2)7-4-8-18-3/h5-6,10-11H,4,7-9,16H2,1-3H3. The fourth-order valence-electron chi connectivity index (χ4n) is 2.00. The lowest BCUT2D eigenvalue weighted by Crippen LogP contribution is -2.23. The van der Waals surface area contributed by atoms with Crippen molar-refractivity contribution in [3.8, 4) is 0 Å². The maximum absolute atomic E-state index is 13.3. The van der Waals surface area contributed by atoms with Crippen LogP contribution in [0.15, 0.2) is 18.2 Å². The predicted molar refractivity (Wildman–Crippen MR) is 80.0 cm³/mol. The van der Waals surface area contributed by atoms with Gasteiger partial charge in [0.25, 0.3) is 0 Å². The summed E-state index contributed by atoms with van der Waals surface area (Å²) in [6, 6.07) is 5.02. The molecule has 2 nitrogen and oxygen atoms in total. The molecule has 1 unspecified atom stereocenters. The molecule has 18 heavy (non-hydrogen) atoms. The van der Waals surface area contributed by atoms with Crippen LogP contribution in [0, 0.1) is 5.82 Å². The lowest BCUT2D eigenvalue weighted by atomic mass is 10.0. The van der Waals surface area contributed by atoms with E-state index in [9.17, 15) is 4.39 Å². The van der Waals surface area contributed by atoms with Crippen molar-refractivity contribution in [3.63, 3.8) is 0 Å². The van der Waals surface area contributed by atoms with Crippen molar-refractivity contribution < 1.29 is 4.39 Å². The Labute approximate surface area is 114 Å². The van der Waals surface area contributed by atoms with E-state index in [1.54, 1.807) is 6.07 Å². The van der Waals surface area contributed by atoms with Gasteiger partial charge in [-0.3, -0.25) is 0 Å². The molecule has 0 bridgehead atoms. The second kappa shape index (κ2) is 7.64. The van der Waals surface area contributed by atoms with Crippen molar-refractivity contribution >= 4 is 17.4 Å². The summed E-state index contributed by atoms with van der Waals surface area (Å²) in [6.07, 6.45) is 3.95. The summed E-state index contributed by atoms with van der Waals surface area (Å²) < 4.78 is 13.3. The number of halogens is 1. The molecule has 1 aromatic carbocycles. The van der Waals surface area contributed by atoms with Gasteiger partial charge in [0.15, 0.2) is 0 Å². The molecule has 2 N–H and O–H groups in total. The van der Waals surface area contributed by atoms with Crippen molar-refractivity contribution in [2.45, 2.75) is 25.8 Å². The summed E-state index contributed by atoms with van der Waals surface area (Å²) in [5.74, 6) is 0.959. The normalized spacial score (nSPS) is 12.5. The molecule has 0 amide bonds. The first-order valence-corrected chi connectivity index (χ1v) is 7.68. The van der Waals surface area contributed by atoms with Crippen LogP contribution in [0.25, 0.3) is 0 Å². The molecule has 0 saturated heterocycles. The number of hydrogen-bond donors (Lipinski definition) is 1. The summed E-state index contributed by atoms with van der Waals surface area (Å²) in [5.41, 5.74) is 7.91. The SMILES string of the molecule is CSCCCN(C)c1ccc(F)cc1CC(C)N. The minimum atomic E-state index is -0.188. The van der Waals surface area contributed by atoms with Gasteiger partial charge in [0.1, 0.15) is 5.82 Å². The van der Waals surface area contributed by atoms with Gasteiger partial charge >= 0.3 is 0 Å². The summed E-state index contributed by atoms with van der Waals surface area (Å²) in [7, 11) is 2.05. The molecule has 0 radical (unpaired) electrons. The first-order valence-electron chi connectivity index (χ1n) is 6.28. The maximum Gasteiger partial charge on any atom is 0.123 e. The Hall–Kier alpha value is -0.740. The molecule has 4 heteroatoms. The molecule has 102 valence electrons. The van der Waals surface area contributed by atoms with Crippen LogP contribution in [0.2, 0.25) is 0 Å². The van der Waals surface area contributed by atoms with Crippen molar-refractivity contribution in [1.29, 1.82) is 0 Å². The summed E-state index contributed by atoms with van der Waals surface area (Å²) in [6.45, 7) is 2.93. The van der Waals surface area contributed by atoms with E-state index in [4.69, 9.17) is 5.73 Å². The van der Waals surface area contributed by atoms with E-state index in [0.29, 0.717) is 6.42 Å². The number of anilines is 1. The van der Waals surface area contributed by atoms with Gasteiger partial charge in [-0.05, 0) is 55.5 Å². The highest BCUT2D eigenvalue weighted by molar-refractivity contribution is 7.98. The van der Waals surface area contributed by atoms with E-state index in [-0.39, 0.29) is 11.9 Å². The molecule has 0 saturated carbocycles.